The third kappa shape index (κ3) is 4.11. The minimum atomic E-state index is -0.232. The number of hydrogen-bond donors (Lipinski definition) is 2. The van der Waals surface area contributed by atoms with Gasteiger partial charge in [0.15, 0.2) is 11.5 Å². The number of carbonyl (C=O) groups is 1. The van der Waals surface area contributed by atoms with Crippen LogP contribution in [-0.4, -0.2) is 50.8 Å². The molecule has 32 heavy (non-hydrogen) atoms. The maximum atomic E-state index is 12.6. The number of methoxy groups -OCH3 is 2. The highest BCUT2D eigenvalue weighted by Crippen LogP contribution is 2.49. The Bertz CT molecular complexity index is 1030. The maximum Gasteiger partial charge on any atom is 0.319 e. The summed E-state index contributed by atoms with van der Waals surface area (Å²) in [5.74, 6) is 1.50. The molecule has 2 N–H and O–H groups in total. The SMILES string of the molecule is COc1ccc([C@@]23CC[C@@H](NC(=O)Nc4cccc(C#N)c4)C[C@@H]2N(C)CC3)cc1OC. The van der Waals surface area contributed by atoms with Crippen molar-refractivity contribution in [3.8, 4) is 17.6 Å². The molecule has 2 fully saturated rings. The molecule has 0 unspecified atom stereocenters. The van der Waals surface area contributed by atoms with Crippen LogP contribution in [0.2, 0.25) is 0 Å². The molecule has 2 aliphatic rings. The van der Waals surface area contributed by atoms with Crippen molar-refractivity contribution in [3.05, 3.63) is 53.6 Å². The number of amides is 2. The molecule has 3 atom stereocenters. The van der Waals surface area contributed by atoms with E-state index < -0.39 is 0 Å². The zero-order chi connectivity index (χ0) is 22.7. The molecule has 1 saturated carbocycles. The van der Waals surface area contributed by atoms with Gasteiger partial charge in [0.2, 0.25) is 0 Å². The van der Waals surface area contributed by atoms with Crippen LogP contribution in [0.3, 0.4) is 0 Å². The van der Waals surface area contributed by atoms with Crippen molar-refractivity contribution in [3.63, 3.8) is 0 Å². The first-order valence-corrected chi connectivity index (χ1v) is 11.0. The second kappa shape index (κ2) is 9.09. The van der Waals surface area contributed by atoms with Gasteiger partial charge in [0.05, 0.1) is 25.9 Å². The maximum absolute atomic E-state index is 12.6. The molecule has 2 amide bonds. The largest absolute Gasteiger partial charge is 0.493 e. The number of nitrogens with one attached hydrogen (secondary N) is 2. The summed E-state index contributed by atoms with van der Waals surface area (Å²) >= 11 is 0. The molecule has 0 radical (unpaired) electrons. The third-order valence-electron chi connectivity index (χ3n) is 7.07. The smallest absolute Gasteiger partial charge is 0.319 e. The fourth-order valence-electron chi connectivity index (χ4n) is 5.41. The Morgan fingerprint density at radius 1 is 1.16 bits per heavy atom. The summed E-state index contributed by atoms with van der Waals surface area (Å²) in [6, 6.07) is 15.5. The van der Waals surface area contributed by atoms with Crippen LogP contribution in [0.1, 0.15) is 36.8 Å². The first-order chi connectivity index (χ1) is 15.5. The van der Waals surface area contributed by atoms with Gasteiger partial charge >= 0.3 is 6.03 Å². The van der Waals surface area contributed by atoms with Gasteiger partial charge in [-0.15, -0.1) is 0 Å². The number of fused-ring (bicyclic) bond motifs is 1. The van der Waals surface area contributed by atoms with E-state index >= 15 is 0 Å². The average Bonchev–Trinajstić information content (AvgIpc) is 3.15. The third-order valence-corrected chi connectivity index (χ3v) is 7.07. The zero-order valence-electron chi connectivity index (χ0n) is 18.9. The van der Waals surface area contributed by atoms with Crippen molar-refractivity contribution >= 4 is 11.7 Å². The summed E-state index contributed by atoms with van der Waals surface area (Å²) in [6.07, 6.45) is 3.87. The standard InChI is InChI=1S/C25H30N4O3/c1-29-12-11-25(18-7-8-21(31-2)22(14-18)32-3)10-9-20(15-23(25)29)28-24(30)27-19-6-4-5-17(13-19)16-26/h4-8,13-14,20,23H,9-12,15H2,1-3H3,(H2,27,28,30)/t20-,23+,25+/m1/s1. The summed E-state index contributed by atoms with van der Waals surface area (Å²) < 4.78 is 11.0. The molecule has 7 heteroatoms. The Labute approximate surface area is 189 Å². The summed E-state index contributed by atoms with van der Waals surface area (Å²) in [5.41, 5.74) is 2.47. The number of carbonyl (C=O) groups excluding carboxylic acids is 1. The summed E-state index contributed by atoms with van der Waals surface area (Å²) in [5, 5.41) is 15.1. The molecule has 0 spiro atoms. The molecule has 2 aromatic rings. The van der Waals surface area contributed by atoms with E-state index in [1.54, 1.807) is 38.5 Å². The second-order valence-corrected chi connectivity index (χ2v) is 8.73. The van der Waals surface area contributed by atoms with E-state index in [0.29, 0.717) is 17.3 Å². The fraction of sp³-hybridized carbons (Fsp3) is 0.440. The van der Waals surface area contributed by atoms with Crippen molar-refractivity contribution in [1.82, 2.24) is 10.2 Å². The predicted octanol–water partition coefficient (Wildman–Crippen LogP) is 3.89. The number of hydrogen-bond acceptors (Lipinski definition) is 5. The van der Waals surface area contributed by atoms with Crippen LogP contribution in [0.15, 0.2) is 42.5 Å². The molecule has 0 bridgehead atoms. The number of rotatable bonds is 5. The highest BCUT2D eigenvalue weighted by molar-refractivity contribution is 5.89. The van der Waals surface area contributed by atoms with Crippen molar-refractivity contribution < 1.29 is 14.3 Å². The molecule has 4 rings (SSSR count). The van der Waals surface area contributed by atoms with Gasteiger partial charge in [0, 0.05) is 23.2 Å². The van der Waals surface area contributed by atoms with E-state index in [2.05, 4.69) is 40.8 Å². The lowest BCUT2D eigenvalue weighted by atomic mass is 9.65. The molecule has 168 valence electrons. The Balaban J connectivity index is 1.47. The Hall–Kier alpha value is -3.24. The van der Waals surface area contributed by atoms with Crippen LogP contribution in [0.5, 0.6) is 11.5 Å². The lowest BCUT2D eigenvalue weighted by Gasteiger charge is -2.45. The number of ether oxygens (including phenoxy) is 2. The van der Waals surface area contributed by atoms with Crippen molar-refractivity contribution in [1.29, 1.82) is 5.26 Å². The number of likely N-dealkylation sites (tertiary alicyclic amines) is 1. The van der Waals surface area contributed by atoms with Crippen LogP contribution in [0, 0.1) is 11.3 Å². The minimum absolute atomic E-state index is 0.0457. The zero-order valence-corrected chi connectivity index (χ0v) is 18.9. The Morgan fingerprint density at radius 2 is 1.97 bits per heavy atom. The van der Waals surface area contributed by atoms with Crippen LogP contribution < -0.4 is 20.1 Å². The minimum Gasteiger partial charge on any atom is -0.493 e. The highest BCUT2D eigenvalue weighted by atomic mass is 16.5. The second-order valence-electron chi connectivity index (χ2n) is 8.73. The van der Waals surface area contributed by atoms with Crippen LogP contribution in [0.4, 0.5) is 10.5 Å². The van der Waals surface area contributed by atoms with Crippen LogP contribution >= 0.6 is 0 Å². The fourth-order valence-corrected chi connectivity index (χ4v) is 5.41. The van der Waals surface area contributed by atoms with E-state index in [0.717, 1.165) is 43.7 Å². The topological polar surface area (TPSA) is 86.6 Å². The van der Waals surface area contributed by atoms with Crippen molar-refractivity contribution in [2.24, 2.45) is 0 Å². The number of nitriles is 1. The Morgan fingerprint density at radius 3 is 2.72 bits per heavy atom. The first kappa shape index (κ1) is 22.0. The van der Waals surface area contributed by atoms with E-state index in [4.69, 9.17) is 14.7 Å². The van der Waals surface area contributed by atoms with Gasteiger partial charge in [-0.05, 0) is 75.2 Å². The molecule has 1 saturated heterocycles. The quantitative estimate of drug-likeness (QED) is 0.746. The number of nitrogens with zero attached hydrogens (tertiary/aromatic N) is 2. The lowest BCUT2D eigenvalue weighted by molar-refractivity contribution is 0.156. The van der Waals surface area contributed by atoms with Crippen LogP contribution in [0.25, 0.3) is 0 Å². The molecule has 7 nitrogen and oxygen atoms in total. The van der Waals surface area contributed by atoms with Gasteiger partial charge in [0.25, 0.3) is 0 Å². The van der Waals surface area contributed by atoms with Crippen molar-refractivity contribution in [2.45, 2.75) is 43.2 Å². The highest BCUT2D eigenvalue weighted by Gasteiger charge is 2.50. The number of benzene rings is 2. The van der Waals surface area contributed by atoms with E-state index in [1.807, 2.05) is 6.07 Å². The molecule has 2 aromatic carbocycles. The summed E-state index contributed by atoms with van der Waals surface area (Å²) in [4.78, 5) is 15.0. The molecule has 1 aliphatic heterocycles. The molecule has 0 aromatic heterocycles. The number of likely N-dealkylation sites (N-methyl/N-ethyl adjacent to an activating group) is 1. The monoisotopic (exact) mass is 434 g/mol. The predicted molar refractivity (Wildman–Crippen MR) is 123 cm³/mol. The van der Waals surface area contributed by atoms with Gasteiger partial charge in [-0.25, -0.2) is 4.79 Å². The number of urea groups is 1. The first-order valence-electron chi connectivity index (χ1n) is 11.0. The average molecular weight is 435 g/mol. The van der Waals surface area contributed by atoms with Gasteiger partial charge in [0.1, 0.15) is 0 Å². The van der Waals surface area contributed by atoms with Crippen molar-refractivity contribution in [2.75, 3.05) is 33.1 Å². The number of anilines is 1. The molecule has 1 aliphatic carbocycles. The molecular weight excluding hydrogens is 404 g/mol. The van der Waals surface area contributed by atoms with Gasteiger partial charge in [-0.1, -0.05) is 12.1 Å². The normalized spacial score (nSPS) is 24.8. The molecular formula is C25H30N4O3. The van der Waals surface area contributed by atoms with Gasteiger partial charge < -0.3 is 25.0 Å². The lowest BCUT2D eigenvalue weighted by Crippen LogP contribution is -2.52. The Kier molecular flexibility index (Phi) is 6.24. The van der Waals surface area contributed by atoms with Crippen LogP contribution in [-0.2, 0) is 5.41 Å². The van der Waals surface area contributed by atoms with E-state index in [1.165, 1.54) is 5.56 Å². The summed E-state index contributed by atoms with van der Waals surface area (Å²) in [7, 11) is 5.49. The van der Waals surface area contributed by atoms with Gasteiger partial charge in [-0.3, -0.25) is 0 Å². The van der Waals surface area contributed by atoms with E-state index in [9.17, 15) is 4.79 Å². The summed E-state index contributed by atoms with van der Waals surface area (Å²) in [6.45, 7) is 1.03. The molecule has 1 heterocycles. The van der Waals surface area contributed by atoms with Gasteiger partial charge in [-0.2, -0.15) is 5.26 Å². The van der Waals surface area contributed by atoms with E-state index in [-0.39, 0.29) is 17.5 Å².